The molecule has 0 fully saturated rings. The average Bonchev–Trinajstić information content (AvgIpc) is 3.07. The SMILES string of the molecule is CC(C)(CO)CNC(=O)Cn1nnc(-c2cccs2)n1. The third-order valence-corrected chi connectivity index (χ3v) is 3.54. The molecule has 2 aromatic rings. The molecule has 7 nitrogen and oxygen atoms in total. The van der Waals surface area contributed by atoms with Crippen molar-refractivity contribution in [2.24, 2.45) is 5.41 Å². The van der Waals surface area contributed by atoms with Gasteiger partial charge in [0.05, 0.1) is 4.88 Å². The largest absolute Gasteiger partial charge is 0.396 e. The minimum atomic E-state index is -0.340. The minimum Gasteiger partial charge on any atom is -0.396 e. The first-order valence-corrected chi connectivity index (χ1v) is 7.07. The zero-order valence-corrected chi connectivity index (χ0v) is 12.2. The highest BCUT2D eigenvalue weighted by molar-refractivity contribution is 7.13. The Hall–Kier alpha value is -1.80. The van der Waals surface area contributed by atoms with Crippen LogP contribution < -0.4 is 5.32 Å². The number of rotatable bonds is 6. The highest BCUT2D eigenvalue weighted by atomic mass is 32.1. The van der Waals surface area contributed by atoms with Crippen LogP contribution in [-0.4, -0.2) is 44.4 Å². The summed E-state index contributed by atoms with van der Waals surface area (Å²) in [5.41, 5.74) is -0.340. The van der Waals surface area contributed by atoms with Crippen LogP contribution in [0.4, 0.5) is 0 Å². The maximum Gasteiger partial charge on any atom is 0.243 e. The molecule has 0 unspecified atom stereocenters. The zero-order valence-electron chi connectivity index (χ0n) is 11.4. The van der Waals surface area contributed by atoms with Crippen LogP contribution in [0.1, 0.15) is 13.8 Å². The molecule has 20 heavy (non-hydrogen) atoms. The van der Waals surface area contributed by atoms with Crippen LogP contribution in [0.3, 0.4) is 0 Å². The van der Waals surface area contributed by atoms with Gasteiger partial charge in [0, 0.05) is 18.6 Å². The number of aliphatic hydroxyl groups is 1. The molecular formula is C12H17N5O2S. The van der Waals surface area contributed by atoms with Crippen molar-refractivity contribution >= 4 is 17.2 Å². The summed E-state index contributed by atoms with van der Waals surface area (Å²) in [6.45, 7) is 4.16. The van der Waals surface area contributed by atoms with E-state index in [0.717, 1.165) is 4.88 Å². The predicted octanol–water partition coefficient (Wildman–Crippen LogP) is 0.536. The summed E-state index contributed by atoms with van der Waals surface area (Å²) >= 11 is 1.52. The summed E-state index contributed by atoms with van der Waals surface area (Å²) in [5.74, 6) is 0.310. The number of nitrogens with one attached hydrogen (secondary N) is 1. The average molecular weight is 295 g/mol. The Kier molecular flexibility index (Phi) is 4.46. The molecule has 0 radical (unpaired) electrons. The van der Waals surface area contributed by atoms with Gasteiger partial charge in [-0.2, -0.15) is 4.80 Å². The smallest absolute Gasteiger partial charge is 0.243 e. The van der Waals surface area contributed by atoms with Crippen molar-refractivity contribution in [3.8, 4) is 10.7 Å². The summed E-state index contributed by atoms with van der Waals surface area (Å²) < 4.78 is 0. The number of nitrogens with zero attached hydrogens (tertiary/aromatic N) is 4. The molecule has 0 aliphatic carbocycles. The molecule has 108 valence electrons. The lowest BCUT2D eigenvalue weighted by Gasteiger charge is -2.21. The van der Waals surface area contributed by atoms with Gasteiger partial charge >= 0.3 is 0 Å². The van der Waals surface area contributed by atoms with E-state index >= 15 is 0 Å². The number of hydrogen-bond donors (Lipinski definition) is 2. The quantitative estimate of drug-likeness (QED) is 0.811. The molecule has 0 aliphatic heterocycles. The number of amides is 1. The van der Waals surface area contributed by atoms with Gasteiger partial charge in [-0.1, -0.05) is 19.9 Å². The Balaban J connectivity index is 1.89. The first-order chi connectivity index (χ1) is 9.50. The van der Waals surface area contributed by atoms with Crippen molar-refractivity contribution in [1.29, 1.82) is 0 Å². The highest BCUT2D eigenvalue weighted by Gasteiger charge is 2.18. The van der Waals surface area contributed by atoms with E-state index in [2.05, 4.69) is 20.7 Å². The molecule has 2 rings (SSSR count). The van der Waals surface area contributed by atoms with Crippen LogP contribution in [-0.2, 0) is 11.3 Å². The zero-order chi connectivity index (χ0) is 14.6. The first-order valence-electron chi connectivity index (χ1n) is 6.19. The van der Waals surface area contributed by atoms with E-state index in [1.165, 1.54) is 16.1 Å². The van der Waals surface area contributed by atoms with E-state index in [4.69, 9.17) is 5.11 Å². The first kappa shape index (κ1) is 14.6. The molecule has 0 spiro atoms. The van der Waals surface area contributed by atoms with Crippen LogP contribution in [0.2, 0.25) is 0 Å². The number of tetrazole rings is 1. The highest BCUT2D eigenvalue weighted by Crippen LogP contribution is 2.19. The Labute approximate surface area is 120 Å². The van der Waals surface area contributed by atoms with Crippen LogP contribution in [0.15, 0.2) is 17.5 Å². The van der Waals surface area contributed by atoms with Crippen LogP contribution in [0.25, 0.3) is 10.7 Å². The van der Waals surface area contributed by atoms with Gasteiger partial charge in [0.1, 0.15) is 6.54 Å². The molecule has 8 heteroatoms. The van der Waals surface area contributed by atoms with Crippen LogP contribution >= 0.6 is 11.3 Å². The van der Waals surface area contributed by atoms with Gasteiger partial charge < -0.3 is 10.4 Å². The Morgan fingerprint density at radius 1 is 1.55 bits per heavy atom. The lowest BCUT2D eigenvalue weighted by molar-refractivity contribution is -0.122. The predicted molar refractivity (Wildman–Crippen MR) is 75.0 cm³/mol. The summed E-state index contributed by atoms with van der Waals surface area (Å²) in [5, 5.41) is 25.7. The second kappa shape index (κ2) is 6.10. The normalized spacial score (nSPS) is 11.6. The van der Waals surface area contributed by atoms with E-state index in [1.807, 2.05) is 31.4 Å². The Morgan fingerprint density at radius 2 is 2.35 bits per heavy atom. The van der Waals surface area contributed by atoms with E-state index in [1.54, 1.807) is 0 Å². The molecule has 0 saturated carbocycles. The van der Waals surface area contributed by atoms with Crippen molar-refractivity contribution in [2.45, 2.75) is 20.4 Å². The lowest BCUT2D eigenvalue weighted by Crippen LogP contribution is -2.38. The summed E-state index contributed by atoms with van der Waals surface area (Å²) in [6, 6.07) is 3.81. The van der Waals surface area contributed by atoms with Crippen molar-refractivity contribution < 1.29 is 9.90 Å². The number of aromatic nitrogens is 4. The third-order valence-electron chi connectivity index (χ3n) is 2.67. The van der Waals surface area contributed by atoms with Crippen molar-refractivity contribution in [1.82, 2.24) is 25.5 Å². The van der Waals surface area contributed by atoms with Gasteiger partial charge in [0.25, 0.3) is 0 Å². The molecular weight excluding hydrogens is 278 g/mol. The Morgan fingerprint density at radius 3 is 3.00 bits per heavy atom. The van der Waals surface area contributed by atoms with Gasteiger partial charge in [-0.3, -0.25) is 4.79 Å². The fraction of sp³-hybridized carbons (Fsp3) is 0.500. The number of thiophene rings is 1. The van der Waals surface area contributed by atoms with Gasteiger partial charge in [-0.25, -0.2) is 0 Å². The fourth-order valence-electron chi connectivity index (χ4n) is 1.39. The second-order valence-electron chi connectivity index (χ2n) is 5.22. The molecule has 1 amide bonds. The molecule has 0 aliphatic rings. The second-order valence-corrected chi connectivity index (χ2v) is 6.17. The maximum atomic E-state index is 11.8. The molecule has 0 aromatic carbocycles. The number of aliphatic hydroxyl groups excluding tert-OH is 1. The summed E-state index contributed by atoms with van der Waals surface area (Å²) in [4.78, 5) is 13.9. The molecule has 0 atom stereocenters. The Bertz CT molecular complexity index is 564. The monoisotopic (exact) mass is 295 g/mol. The van der Waals surface area contributed by atoms with Crippen molar-refractivity contribution in [3.63, 3.8) is 0 Å². The summed E-state index contributed by atoms with van der Waals surface area (Å²) in [6.07, 6.45) is 0. The van der Waals surface area contributed by atoms with E-state index in [9.17, 15) is 4.79 Å². The number of carbonyl (C=O) groups excluding carboxylic acids is 1. The number of hydrogen-bond acceptors (Lipinski definition) is 6. The van der Waals surface area contributed by atoms with Crippen molar-refractivity contribution in [3.05, 3.63) is 17.5 Å². The van der Waals surface area contributed by atoms with Gasteiger partial charge in [-0.05, 0) is 16.7 Å². The maximum absolute atomic E-state index is 11.8. The molecule has 2 N–H and O–H groups in total. The van der Waals surface area contributed by atoms with Crippen molar-refractivity contribution in [2.75, 3.05) is 13.2 Å². The molecule has 0 saturated heterocycles. The van der Waals surface area contributed by atoms with E-state index < -0.39 is 0 Å². The topological polar surface area (TPSA) is 92.9 Å². The fourth-order valence-corrected chi connectivity index (χ4v) is 2.04. The van der Waals surface area contributed by atoms with Crippen LogP contribution in [0.5, 0.6) is 0 Å². The molecule has 2 aromatic heterocycles. The number of carbonyl (C=O) groups is 1. The van der Waals surface area contributed by atoms with E-state index in [-0.39, 0.29) is 24.5 Å². The molecule has 0 bridgehead atoms. The minimum absolute atomic E-state index is 0.0113. The van der Waals surface area contributed by atoms with Crippen LogP contribution in [0, 0.1) is 5.41 Å². The van der Waals surface area contributed by atoms with Gasteiger partial charge in [0.15, 0.2) is 0 Å². The third kappa shape index (κ3) is 3.84. The molecule has 2 heterocycles. The lowest BCUT2D eigenvalue weighted by atomic mass is 9.95. The van der Waals surface area contributed by atoms with E-state index in [0.29, 0.717) is 12.4 Å². The summed E-state index contributed by atoms with van der Waals surface area (Å²) in [7, 11) is 0. The van der Waals surface area contributed by atoms with Gasteiger partial charge in [0.2, 0.25) is 11.7 Å². The van der Waals surface area contributed by atoms with Gasteiger partial charge in [-0.15, -0.1) is 21.5 Å². The standard InChI is InChI=1S/C12H17N5O2S/c1-12(2,8-18)7-13-10(19)6-17-15-11(14-16-17)9-4-3-5-20-9/h3-5,18H,6-8H2,1-2H3,(H,13,19).